The van der Waals surface area contributed by atoms with Gasteiger partial charge in [0.2, 0.25) is 0 Å². The molecule has 1 fully saturated rings. The maximum Gasteiger partial charge on any atom is 0.199 e. The van der Waals surface area contributed by atoms with Crippen LogP contribution in [-0.4, -0.2) is 35.1 Å². The number of carbonyl (C=O) groups is 1. The first-order valence-electron chi connectivity index (χ1n) is 9.43. The number of H-pyrrole nitrogens is 1. The highest BCUT2D eigenvalue weighted by Gasteiger charge is 2.37. The van der Waals surface area contributed by atoms with Gasteiger partial charge in [-0.1, -0.05) is 48.5 Å². The lowest BCUT2D eigenvalue weighted by atomic mass is 9.92. The van der Waals surface area contributed by atoms with Crippen molar-refractivity contribution in [1.29, 1.82) is 0 Å². The van der Waals surface area contributed by atoms with Crippen molar-refractivity contribution in [2.45, 2.75) is 31.4 Å². The van der Waals surface area contributed by atoms with E-state index >= 15 is 0 Å². The van der Waals surface area contributed by atoms with Crippen LogP contribution in [0.15, 0.2) is 60.8 Å². The molecule has 0 bridgehead atoms. The number of aliphatic hydroxyl groups is 1. The summed E-state index contributed by atoms with van der Waals surface area (Å²) >= 11 is 0. The van der Waals surface area contributed by atoms with Crippen LogP contribution in [0.4, 0.5) is 0 Å². The Balaban J connectivity index is 1.69. The Kier molecular flexibility index (Phi) is 4.87. The van der Waals surface area contributed by atoms with Gasteiger partial charge in [-0.25, -0.2) is 0 Å². The molecule has 0 spiro atoms. The molecule has 3 N–H and O–H groups in total. The molecule has 0 saturated carbocycles. The van der Waals surface area contributed by atoms with E-state index < -0.39 is 6.10 Å². The van der Waals surface area contributed by atoms with E-state index in [4.69, 9.17) is 0 Å². The molecule has 4 heteroatoms. The number of piperidine rings is 1. The van der Waals surface area contributed by atoms with Crippen molar-refractivity contribution in [3.8, 4) is 0 Å². The Labute approximate surface area is 153 Å². The molecule has 2 aromatic carbocycles. The molecule has 134 valence electrons. The number of aromatic amines is 1. The fourth-order valence-electron chi connectivity index (χ4n) is 4.20. The fourth-order valence-corrected chi connectivity index (χ4v) is 4.20. The highest BCUT2D eigenvalue weighted by Crippen LogP contribution is 2.23. The first-order valence-corrected chi connectivity index (χ1v) is 9.43. The summed E-state index contributed by atoms with van der Waals surface area (Å²) in [7, 11) is 0. The quantitative estimate of drug-likeness (QED) is 0.620. The number of rotatable bonds is 5. The molecule has 1 aliphatic rings. The minimum Gasteiger partial charge on any atom is -0.379 e. The molecule has 0 unspecified atom stereocenters. The molecule has 26 heavy (non-hydrogen) atoms. The van der Waals surface area contributed by atoms with Gasteiger partial charge in [-0.05, 0) is 25.3 Å². The van der Waals surface area contributed by atoms with Crippen LogP contribution in [-0.2, 0) is 0 Å². The van der Waals surface area contributed by atoms with Gasteiger partial charge in [0, 0.05) is 28.2 Å². The molecule has 0 amide bonds. The van der Waals surface area contributed by atoms with Crippen LogP contribution in [0.25, 0.3) is 10.9 Å². The molecule has 1 aromatic heterocycles. The lowest BCUT2D eigenvalue weighted by Gasteiger charge is -2.34. The third-order valence-electron chi connectivity index (χ3n) is 5.53. The van der Waals surface area contributed by atoms with Crippen LogP contribution in [0.1, 0.15) is 41.2 Å². The van der Waals surface area contributed by atoms with Crippen LogP contribution < -0.4 is 4.90 Å². The zero-order valence-electron chi connectivity index (χ0n) is 14.8. The third-order valence-corrected chi connectivity index (χ3v) is 5.53. The molecule has 2 heterocycles. The summed E-state index contributed by atoms with van der Waals surface area (Å²) in [6, 6.07) is 17.5. The summed E-state index contributed by atoms with van der Waals surface area (Å²) in [5.41, 5.74) is 2.53. The number of aromatic nitrogens is 1. The van der Waals surface area contributed by atoms with Crippen molar-refractivity contribution in [2.24, 2.45) is 0 Å². The lowest BCUT2D eigenvalue weighted by Crippen LogP contribution is -3.14. The number of benzene rings is 2. The first kappa shape index (κ1) is 17.0. The number of hydrogen-bond acceptors (Lipinski definition) is 2. The van der Waals surface area contributed by atoms with E-state index in [9.17, 15) is 9.90 Å². The Bertz CT molecular complexity index is 881. The molecule has 4 nitrogen and oxygen atoms in total. The largest absolute Gasteiger partial charge is 0.379 e. The van der Waals surface area contributed by atoms with E-state index in [1.807, 2.05) is 54.6 Å². The predicted octanol–water partition coefficient (Wildman–Crippen LogP) is 2.52. The smallest absolute Gasteiger partial charge is 0.199 e. The Morgan fingerprint density at radius 2 is 1.65 bits per heavy atom. The summed E-state index contributed by atoms with van der Waals surface area (Å²) in [6.45, 7) is 2.00. The number of ketones is 1. The van der Waals surface area contributed by atoms with E-state index in [1.165, 1.54) is 11.3 Å². The number of carbonyl (C=O) groups excluding carboxylic acids is 1. The minimum absolute atomic E-state index is 0.200. The third kappa shape index (κ3) is 3.18. The van der Waals surface area contributed by atoms with E-state index in [0.717, 1.165) is 42.4 Å². The number of hydrogen-bond donors (Lipinski definition) is 3. The SMILES string of the molecule is O=C(c1c[nH]c2ccccc12)[C@@H](O)[C@H](c1ccccc1)[NH+]1CCCCC1. The Morgan fingerprint density at radius 3 is 2.42 bits per heavy atom. The maximum absolute atomic E-state index is 13.2. The number of nitrogens with one attached hydrogen (secondary N) is 2. The normalized spacial score (nSPS) is 17.9. The number of Topliss-reactive ketones (excluding diaryl/α,β-unsaturated/α-hetero) is 1. The minimum atomic E-state index is -1.05. The number of fused-ring (bicyclic) bond motifs is 1. The van der Waals surface area contributed by atoms with Gasteiger partial charge in [0.05, 0.1) is 13.1 Å². The van der Waals surface area contributed by atoms with Crippen molar-refractivity contribution >= 4 is 16.7 Å². The van der Waals surface area contributed by atoms with Gasteiger partial charge in [-0.3, -0.25) is 4.79 Å². The van der Waals surface area contributed by atoms with Gasteiger partial charge >= 0.3 is 0 Å². The second kappa shape index (κ2) is 7.44. The maximum atomic E-state index is 13.2. The van der Waals surface area contributed by atoms with E-state index in [1.54, 1.807) is 6.20 Å². The van der Waals surface area contributed by atoms with Crippen molar-refractivity contribution in [3.05, 3.63) is 71.9 Å². The molecular formula is C22H25N2O2+. The number of para-hydroxylation sites is 1. The summed E-state index contributed by atoms with van der Waals surface area (Å²) in [6.07, 6.45) is 4.20. The highest BCUT2D eigenvalue weighted by molar-refractivity contribution is 6.10. The second-order valence-electron chi connectivity index (χ2n) is 7.16. The fraction of sp³-hybridized carbons (Fsp3) is 0.318. The van der Waals surface area contributed by atoms with Crippen LogP contribution in [0.2, 0.25) is 0 Å². The molecular weight excluding hydrogens is 324 g/mol. The van der Waals surface area contributed by atoms with Gasteiger partial charge < -0.3 is 15.0 Å². The van der Waals surface area contributed by atoms with Crippen LogP contribution in [0, 0.1) is 0 Å². The molecule has 1 saturated heterocycles. The molecule has 0 aliphatic carbocycles. The standard InChI is InChI=1S/C22H24N2O2/c25-21(18-15-23-19-12-6-5-11-17(18)19)22(26)20(16-9-3-1-4-10-16)24-13-7-2-8-14-24/h1,3-6,9-12,15,20,22-23,26H,2,7-8,13-14H2/p+1/t20-,22-/m0/s1. The van der Waals surface area contributed by atoms with Crippen LogP contribution in [0.3, 0.4) is 0 Å². The molecule has 3 aromatic rings. The van der Waals surface area contributed by atoms with Gasteiger partial charge in [0.1, 0.15) is 6.04 Å². The predicted molar refractivity (Wildman–Crippen MR) is 102 cm³/mol. The topological polar surface area (TPSA) is 57.5 Å². The molecule has 1 aliphatic heterocycles. The van der Waals surface area contributed by atoms with Crippen LogP contribution in [0.5, 0.6) is 0 Å². The Hall–Kier alpha value is -2.43. The summed E-state index contributed by atoms with van der Waals surface area (Å²) in [5, 5.41) is 12.0. The van der Waals surface area contributed by atoms with Gasteiger partial charge in [-0.15, -0.1) is 0 Å². The van der Waals surface area contributed by atoms with E-state index in [2.05, 4.69) is 4.98 Å². The summed E-state index contributed by atoms with van der Waals surface area (Å²) in [4.78, 5) is 17.6. The first-order chi connectivity index (χ1) is 12.8. The number of likely N-dealkylation sites (tertiary alicyclic amines) is 1. The van der Waals surface area contributed by atoms with Gasteiger partial charge in [0.25, 0.3) is 0 Å². The van der Waals surface area contributed by atoms with Gasteiger partial charge in [0.15, 0.2) is 11.9 Å². The van der Waals surface area contributed by atoms with Gasteiger partial charge in [-0.2, -0.15) is 0 Å². The molecule has 0 radical (unpaired) electrons. The average Bonchev–Trinajstić information content (AvgIpc) is 3.13. The van der Waals surface area contributed by atoms with Crippen molar-refractivity contribution < 1.29 is 14.8 Å². The summed E-state index contributed by atoms with van der Waals surface area (Å²) < 4.78 is 0. The van der Waals surface area contributed by atoms with Crippen molar-refractivity contribution in [3.63, 3.8) is 0 Å². The monoisotopic (exact) mass is 349 g/mol. The summed E-state index contributed by atoms with van der Waals surface area (Å²) in [5.74, 6) is -0.200. The molecule has 4 rings (SSSR count). The zero-order valence-corrected chi connectivity index (χ0v) is 14.8. The average molecular weight is 349 g/mol. The number of quaternary nitrogens is 1. The zero-order chi connectivity index (χ0) is 17.9. The Morgan fingerprint density at radius 1 is 0.962 bits per heavy atom. The van der Waals surface area contributed by atoms with Crippen LogP contribution >= 0.6 is 0 Å². The van der Waals surface area contributed by atoms with Crippen molar-refractivity contribution in [2.75, 3.05) is 13.1 Å². The lowest BCUT2D eigenvalue weighted by molar-refractivity contribution is -0.938. The highest BCUT2D eigenvalue weighted by atomic mass is 16.3. The second-order valence-corrected chi connectivity index (χ2v) is 7.16. The van der Waals surface area contributed by atoms with E-state index in [0.29, 0.717) is 5.56 Å². The van der Waals surface area contributed by atoms with Crippen molar-refractivity contribution in [1.82, 2.24) is 4.98 Å². The molecule has 2 atom stereocenters. The number of aliphatic hydroxyl groups excluding tert-OH is 1. The van der Waals surface area contributed by atoms with E-state index in [-0.39, 0.29) is 11.8 Å².